The molecule has 1 atom stereocenters. The fraction of sp³-hybridized carbons (Fsp3) is 0.556. The molecule has 14 heavy (non-hydrogen) atoms. The average molecular weight is 200 g/mol. The summed E-state index contributed by atoms with van der Waals surface area (Å²) in [4.78, 5) is 21.9. The molecule has 0 aliphatic heterocycles. The van der Waals surface area contributed by atoms with Crippen molar-refractivity contribution < 1.29 is 14.3 Å². The lowest BCUT2D eigenvalue weighted by Crippen LogP contribution is -2.44. The molecule has 5 heteroatoms. The van der Waals surface area contributed by atoms with Gasteiger partial charge in [-0.25, -0.2) is 0 Å². The normalized spacial score (nSPS) is 11.6. The SMILES string of the molecule is C=CCNC(=O)C(C)NCC(=O)OC. The van der Waals surface area contributed by atoms with Crippen LogP contribution in [0.3, 0.4) is 0 Å². The number of rotatable bonds is 6. The summed E-state index contributed by atoms with van der Waals surface area (Å²) in [6.45, 7) is 5.58. The average Bonchev–Trinajstić information content (AvgIpc) is 2.21. The zero-order valence-corrected chi connectivity index (χ0v) is 8.50. The van der Waals surface area contributed by atoms with Gasteiger partial charge in [-0.2, -0.15) is 0 Å². The maximum absolute atomic E-state index is 11.2. The van der Waals surface area contributed by atoms with Crippen LogP contribution in [0.5, 0.6) is 0 Å². The Balaban J connectivity index is 3.71. The van der Waals surface area contributed by atoms with Gasteiger partial charge in [-0.1, -0.05) is 6.08 Å². The van der Waals surface area contributed by atoms with Gasteiger partial charge in [0.1, 0.15) is 0 Å². The number of amides is 1. The Bertz CT molecular complexity index is 216. The number of carbonyl (C=O) groups excluding carboxylic acids is 2. The van der Waals surface area contributed by atoms with E-state index in [2.05, 4.69) is 21.9 Å². The quantitative estimate of drug-likeness (QED) is 0.445. The molecule has 0 spiro atoms. The molecule has 0 rings (SSSR count). The van der Waals surface area contributed by atoms with Crippen molar-refractivity contribution in [1.82, 2.24) is 10.6 Å². The fourth-order valence-electron chi connectivity index (χ4n) is 0.727. The largest absolute Gasteiger partial charge is 0.468 e. The highest BCUT2D eigenvalue weighted by Gasteiger charge is 2.12. The number of hydrogen-bond acceptors (Lipinski definition) is 4. The molecule has 80 valence electrons. The monoisotopic (exact) mass is 200 g/mol. The van der Waals surface area contributed by atoms with Crippen molar-refractivity contribution >= 4 is 11.9 Å². The van der Waals surface area contributed by atoms with Crippen molar-refractivity contribution in [2.75, 3.05) is 20.2 Å². The van der Waals surface area contributed by atoms with Crippen LogP contribution in [-0.2, 0) is 14.3 Å². The highest BCUT2D eigenvalue weighted by Crippen LogP contribution is 1.82. The van der Waals surface area contributed by atoms with E-state index >= 15 is 0 Å². The van der Waals surface area contributed by atoms with Crippen molar-refractivity contribution in [2.45, 2.75) is 13.0 Å². The zero-order valence-electron chi connectivity index (χ0n) is 8.50. The topological polar surface area (TPSA) is 67.4 Å². The van der Waals surface area contributed by atoms with Crippen molar-refractivity contribution in [3.8, 4) is 0 Å². The van der Waals surface area contributed by atoms with Gasteiger partial charge in [0.2, 0.25) is 5.91 Å². The molecule has 2 N–H and O–H groups in total. The highest BCUT2D eigenvalue weighted by atomic mass is 16.5. The summed E-state index contributed by atoms with van der Waals surface area (Å²) in [5.74, 6) is -0.567. The lowest BCUT2D eigenvalue weighted by molar-refractivity contribution is -0.139. The van der Waals surface area contributed by atoms with Gasteiger partial charge >= 0.3 is 5.97 Å². The van der Waals surface area contributed by atoms with Crippen LogP contribution in [-0.4, -0.2) is 38.1 Å². The first kappa shape index (κ1) is 12.6. The summed E-state index contributed by atoms with van der Waals surface area (Å²) in [6.07, 6.45) is 1.59. The number of nitrogens with one attached hydrogen (secondary N) is 2. The Hall–Kier alpha value is -1.36. The molecule has 5 nitrogen and oxygen atoms in total. The van der Waals surface area contributed by atoms with Gasteiger partial charge in [0.15, 0.2) is 0 Å². The van der Waals surface area contributed by atoms with E-state index in [0.717, 1.165) is 0 Å². The zero-order chi connectivity index (χ0) is 11.0. The molecule has 0 saturated carbocycles. The molecule has 0 bridgehead atoms. The Kier molecular flexibility index (Phi) is 6.39. The number of ether oxygens (including phenoxy) is 1. The van der Waals surface area contributed by atoms with Gasteiger partial charge in [0.25, 0.3) is 0 Å². The van der Waals surface area contributed by atoms with Crippen LogP contribution in [0.25, 0.3) is 0 Å². The standard InChI is InChI=1S/C9H16N2O3/c1-4-5-10-9(13)7(2)11-6-8(12)14-3/h4,7,11H,1,5-6H2,2-3H3,(H,10,13). The third-order valence-corrected chi connectivity index (χ3v) is 1.59. The Morgan fingerprint density at radius 1 is 1.57 bits per heavy atom. The molecule has 0 aromatic heterocycles. The van der Waals surface area contributed by atoms with E-state index in [4.69, 9.17) is 0 Å². The van der Waals surface area contributed by atoms with Crippen LogP contribution in [0.1, 0.15) is 6.92 Å². The minimum Gasteiger partial charge on any atom is -0.468 e. The molecule has 0 fully saturated rings. The van der Waals surface area contributed by atoms with E-state index in [1.54, 1.807) is 13.0 Å². The summed E-state index contributed by atoms with van der Waals surface area (Å²) in [5, 5.41) is 5.32. The lowest BCUT2D eigenvalue weighted by Gasteiger charge is -2.11. The van der Waals surface area contributed by atoms with Crippen LogP contribution < -0.4 is 10.6 Å². The maximum atomic E-state index is 11.2. The first-order valence-corrected chi connectivity index (χ1v) is 4.30. The minimum atomic E-state index is -0.422. The van der Waals surface area contributed by atoms with Gasteiger partial charge in [-0.3, -0.25) is 14.9 Å². The van der Waals surface area contributed by atoms with Gasteiger partial charge in [-0.15, -0.1) is 6.58 Å². The van der Waals surface area contributed by atoms with E-state index in [-0.39, 0.29) is 12.5 Å². The van der Waals surface area contributed by atoms with Crippen LogP contribution in [0.4, 0.5) is 0 Å². The predicted octanol–water partition coefficient (Wildman–Crippen LogP) is -0.560. The molecule has 1 amide bonds. The van der Waals surface area contributed by atoms with Crippen molar-refractivity contribution in [3.63, 3.8) is 0 Å². The van der Waals surface area contributed by atoms with E-state index in [1.165, 1.54) is 7.11 Å². The van der Waals surface area contributed by atoms with Crippen molar-refractivity contribution in [1.29, 1.82) is 0 Å². The first-order chi connectivity index (χ1) is 6.61. The number of hydrogen-bond donors (Lipinski definition) is 2. The summed E-state index contributed by atoms with van der Waals surface area (Å²) in [5.41, 5.74) is 0. The second-order valence-corrected chi connectivity index (χ2v) is 2.71. The lowest BCUT2D eigenvalue weighted by atomic mass is 10.3. The molecule has 0 radical (unpaired) electrons. The van der Waals surface area contributed by atoms with E-state index < -0.39 is 12.0 Å². The molecule has 1 unspecified atom stereocenters. The molecule has 0 aliphatic carbocycles. The third-order valence-electron chi connectivity index (χ3n) is 1.59. The van der Waals surface area contributed by atoms with E-state index in [1.807, 2.05) is 0 Å². The number of carbonyl (C=O) groups is 2. The first-order valence-electron chi connectivity index (χ1n) is 4.30. The third kappa shape index (κ3) is 5.31. The summed E-state index contributed by atoms with van der Waals surface area (Å²) < 4.78 is 4.41. The summed E-state index contributed by atoms with van der Waals surface area (Å²) >= 11 is 0. The molecule has 0 aliphatic rings. The van der Waals surface area contributed by atoms with Crippen LogP contribution in [0.2, 0.25) is 0 Å². The summed E-state index contributed by atoms with van der Waals surface area (Å²) in [7, 11) is 1.30. The smallest absolute Gasteiger partial charge is 0.319 e. The second-order valence-electron chi connectivity index (χ2n) is 2.71. The van der Waals surface area contributed by atoms with Crippen molar-refractivity contribution in [2.24, 2.45) is 0 Å². The molecule has 0 saturated heterocycles. The maximum Gasteiger partial charge on any atom is 0.319 e. The van der Waals surface area contributed by atoms with Crippen LogP contribution >= 0.6 is 0 Å². The molecule has 0 aromatic rings. The van der Waals surface area contributed by atoms with Gasteiger partial charge in [-0.05, 0) is 6.92 Å². The Labute approximate surface area is 83.5 Å². The molecule has 0 aromatic carbocycles. The number of esters is 1. The molecular formula is C9H16N2O3. The predicted molar refractivity (Wildman–Crippen MR) is 52.7 cm³/mol. The van der Waals surface area contributed by atoms with Gasteiger partial charge < -0.3 is 10.1 Å². The van der Waals surface area contributed by atoms with E-state index in [9.17, 15) is 9.59 Å². The Morgan fingerprint density at radius 2 is 2.21 bits per heavy atom. The van der Waals surface area contributed by atoms with Gasteiger partial charge in [0, 0.05) is 6.54 Å². The fourth-order valence-corrected chi connectivity index (χ4v) is 0.727. The molecular weight excluding hydrogens is 184 g/mol. The van der Waals surface area contributed by atoms with Crippen LogP contribution in [0.15, 0.2) is 12.7 Å². The number of methoxy groups -OCH3 is 1. The van der Waals surface area contributed by atoms with Crippen molar-refractivity contribution in [3.05, 3.63) is 12.7 Å². The van der Waals surface area contributed by atoms with E-state index in [0.29, 0.717) is 6.54 Å². The summed E-state index contributed by atoms with van der Waals surface area (Å²) in [6, 6.07) is -0.422. The molecule has 0 heterocycles. The Morgan fingerprint density at radius 3 is 2.71 bits per heavy atom. The highest BCUT2D eigenvalue weighted by molar-refractivity contribution is 5.82. The van der Waals surface area contributed by atoms with Crippen LogP contribution in [0, 0.1) is 0 Å². The second kappa shape index (κ2) is 7.08. The van der Waals surface area contributed by atoms with Gasteiger partial charge in [0.05, 0.1) is 19.7 Å². The minimum absolute atomic E-state index is 0.0270.